The molecule has 3 saturated carbocycles. The highest BCUT2D eigenvalue weighted by atomic mass is 32.1. The minimum Gasteiger partial charge on any atom is -0.488 e. The molecule has 6 atom stereocenters. The van der Waals surface area contributed by atoms with Crippen LogP contribution in [0.15, 0.2) is 125 Å². The zero-order chi connectivity index (χ0) is 93.1. The van der Waals surface area contributed by atoms with Gasteiger partial charge in [0.15, 0.2) is 15.4 Å². The van der Waals surface area contributed by atoms with E-state index in [2.05, 4.69) is 102 Å². The van der Waals surface area contributed by atoms with Crippen LogP contribution >= 0.6 is 34.0 Å². The Labute approximate surface area is 792 Å². The molecule has 3 aromatic heterocycles. The fraction of sp³-hybridized carbons (Fsp3) is 0.528. The van der Waals surface area contributed by atoms with Gasteiger partial charge in [-0.3, -0.25) is 28.8 Å². The molecule has 9 aliphatic rings. The summed E-state index contributed by atoms with van der Waals surface area (Å²) in [5, 5.41) is 19.4. The van der Waals surface area contributed by atoms with Gasteiger partial charge >= 0.3 is 17.9 Å². The maximum Gasteiger partial charge on any atom is 0.313 e. The number of benzene rings is 6. The molecule has 24 heteroatoms. The monoisotopic (exact) mass is 1850 g/mol. The van der Waals surface area contributed by atoms with Crippen LogP contribution in [0.1, 0.15) is 246 Å². The van der Waals surface area contributed by atoms with Crippen molar-refractivity contribution in [2.75, 3.05) is 93.2 Å². The predicted octanol–water partition coefficient (Wildman–Crippen LogP) is 22.6. The number of thiazole rings is 3. The van der Waals surface area contributed by atoms with Crippen LogP contribution in [-0.4, -0.2) is 160 Å². The first kappa shape index (κ1) is 95.0. The zero-order valence-electron chi connectivity index (χ0n) is 80.0. The Kier molecular flexibility index (Phi) is 29.2. The third-order valence-electron chi connectivity index (χ3n) is 29.6. The lowest BCUT2D eigenvalue weighted by Crippen LogP contribution is -2.54. The highest BCUT2D eigenvalue weighted by molar-refractivity contribution is 7.14. The van der Waals surface area contributed by atoms with E-state index < -0.39 is 28.0 Å². The lowest BCUT2D eigenvalue weighted by Gasteiger charge is -2.46. The fourth-order valence-electron chi connectivity index (χ4n) is 22.5. The molecular formula is C108H135N9O12S3. The fourth-order valence-corrected chi connectivity index (χ4v) is 25.0. The highest BCUT2D eigenvalue weighted by Gasteiger charge is 2.60. The number of ether oxygens (including phenoxy) is 5. The Morgan fingerprint density at radius 2 is 0.705 bits per heavy atom. The van der Waals surface area contributed by atoms with Crippen LogP contribution in [0.25, 0.3) is 33.8 Å². The third-order valence-corrected chi connectivity index (χ3v) is 32.3. The molecule has 9 aromatic rings. The summed E-state index contributed by atoms with van der Waals surface area (Å²) in [6.07, 6.45) is 17.8. The standard InChI is InChI=1S/C38H49N3O4S.C36H45N3O4S.C34H41N3O4S/c1-7-38(35(43)45-37(4,5)6)29-14-15-30(38)22-41(21-29)36-39-32(24-46-36)31-19-25(2)11-16-33(31)44-23-28-13-12-27(20-26(28)3)34(42)40-17-9-8-10-18-40;1-23-9-14-31(42-21-28-13-10-25(18-24(28)2)33(40)38-15-7-6-8-16-38)29(17-23)30-22-44-35(37-30)39-19-26-11-12-27(20-39)32(26)34(41)43-36(3,4)5;1-4-34(32(39)40)26-11-12-27(34)19-37(18-26)33-35-29(21-42-33)28-16-22(2)8-13-30(28)41-20-25-10-9-24(17-23(25)3)31(38)36-14-6-5-7-15-36/h11-13,16,19-20,24,29-30H,7-10,14-15,17-18,21-23H2,1-6H3;9-10,13-14,17-18,22,26-27,32H,6-8,11-12,15-16,19-21H2,1-5H3;8-10,13,16-17,21,26-27H,4-7,11-12,14-15,18-20H2,1-3H3,(H,39,40). The number of carbonyl (C=O) groups excluding carboxylic acids is 5. The summed E-state index contributed by atoms with van der Waals surface area (Å²) in [5.41, 5.74) is 15.7. The quantitative estimate of drug-likeness (QED) is 0.0587. The van der Waals surface area contributed by atoms with E-state index in [1.54, 1.807) is 34.0 Å². The van der Waals surface area contributed by atoms with Gasteiger partial charge in [-0.25, -0.2) is 15.0 Å². The number of carboxylic acids is 1. The molecule has 6 aromatic carbocycles. The van der Waals surface area contributed by atoms with Crippen LogP contribution in [0.5, 0.6) is 17.2 Å². The minimum absolute atomic E-state index is 0.0119. The van der Waals surface area contributed by atoms with Gasteiger partial charge in [-0.2, -0.15) is 0 Å². The van der Waals surface area contributed by atoms with Gasteiger partial charge in [0.2, 0.25) is 0 Å². The molecule has 6 saturated heterocycles. The second kappa shape index (κ2) is 40.6. The average molecular weight is 1850 g/mol. The Bertz CT molecular complexity index is 5620. The van der Waals surface area contributed by atoms with Crippen molar-refractivity contribution < 1.29 is 57.6 Å². The molecule has 0 spiro atoms. The van der Waals surface area contributed by atoms with Gasteiger partial charge in [0, 0.05) is 128 Å². The molecule has 21 nitrogen and oxygen atoms in total. The lowest BCUT2D eigenvalue weighted by molar-refractivity contribution is -0.174. The smallest absolute Gasteiger partial charge is 0.313 e. The summed E-state index contributed by atoms with van der Waals surface area (Å²) < 4.78 is 31.0. The number of piperidine rings is 6. The van der Waals surface area contributed by atoms with E-state index >= 15 is 0 Å². The SMILES string of the molecule is CCC1(C(=O)O)C2CCC1CN(c1nc(-c3cc(C)ccc3OCc3ccc(C(=O)N4CCCCC4)cc3C)cs1)C2.CCC1(C(=O)OC(C)(C)C)C2CCC1CN(c1nc(-c3cc(C)ccc3OCc3ccc(C(=O)N4CCCCC4)cc3C)cs1)C2.Cc1ccc(OCc2ccc(C(=O)N3CCCCC3)cc2C)c(-c2csc(N3CC4CCC(C3)C4C(=O)OC(C)(C)C)n2)c1. The number of likely N-dealkylation sites (tertiary alicyclic amines) is 3. The van der Waals surface area contributed by atoms with Crippen LogP contribution < -0.4 is 28.9 Å². The second-order valence-corrected chi connectivity index (χ2v) is 43.3. The number of hydrogen-bond acceptors (Lipinski definition) is 20. The summed E-state index contributed by atoms with van der Waals surface area (Å²) in [7, 11) is 0. The number of aliphatic carboxylic acids is 1. The summed E-state index contributed by atoms with van der Waals surface area (Å²) >= 11 is 4.94. The summed E-state index contributed by atoms with van der Waals surface area (Å²) in [6, 6.07) is 36.5. The van der Waals surface area contributed by atoms with Gasteiger partial charge in [-0.15, -0.1) is 34.0 Å². The average Bonchev–Trinajstić information content (AvgIpc) is 1.58. The van der Waals surface area contributed by atoms with Gasteiger partial charge in [-0.05, 0) is 334 Å². The molecule has 132 heavy (non-hydrogen) atoms. The maximum absolute atomic E-state index is 13.5. The van der Waals surface area contributed by atoms with Crippen molar-refractivity contribution in [3.63, 3.8) is 0 Å². The topological polar surface area (TPSA) is 227 Å². The number of fused-ring (bicyclic) bond motifs is 6. The molecule has 3 aliphatic carbocycles. The van der Waals surface area contributed by atoms with E-state index in [1.165, 1.54) is 19.3 Å². The van der Waals surface area contributed by atoms with Crippen LogP contribution in [0.4, 0.5) is 15.4 Å². The van der Waals surface area contributed by atoms with Crippen LogP contribution in [-0.2, 0) is 43.7 Å². The van der Waals surface area contributed by atoms with Gasteiger partial charge in [-0.1, -0.05) is 66.9 Å². The number of amides is 3. The van der Waals surface area contributed by atoms with E-state index in [9.17, 15) is 33.9 Å². The van der Waals surface area contributed by atoms with E-state index in [1.807, 2.05) is 150 Å². The first-order valence-corrected chi connectivity index (χ1v) is 51.2. The zero-order valence-corrected chi connectivity index (χ0v) is 82.4. The molecular weight excluding hydrogens is 1710 g/mol. The van der Waals surface area contributed by atoms with Gasteiger partial charge in [0.1, 0.15) is 48.3 Å². The molecule has 1 N–H and O–H groups in total. The number of aromatic nitrogens is 3. The molecule has 0 radical (unpaired) electrons. The first-order chi connectivity index (χ1) is 63.3. The predicted molar refractivity (Wildman–Crippen MR) is 526 cm³/mol. The largest absolute Gasteiger partial charge is 0.488 e. The molecule has 9 heterocycles. The van der Waals surface area contributed by atoms with Crippen molar-refractivity contribution >= 4 is 85.0 Å². The van der Waals surface area contributed by atoms with Crippen LogP contribution in [0.3, 0.4) is 0 Å². The number of aryl methyl sites for hydroxylation is 6. The van der Waals surface area contributed by atoms with E-state index in [-0.39, 0.29) is 59.2 Å². The molecule has 6 aliphatic heterocycles. The molecule has 6 bridgehead atoms. The van der Waals surface area contributed by atoms with Gasteiger partial charge < -0.3 is 58.2 Å². The minimum atomic E-state index is -0.628. The van der Waals surface area contributed by atoms with Crippen molar-refractivity contribution in [2.45, 2.75) is 237 Å². The van der Waals surface area contributed by atoms with E-state index in [0.717, 1.165) is 295 Å². The van der Waals surface area contributed by atoms with Crippen molar-refractivity contribution in [1.29, 1.82) is 0 Å². The number of anilines is 3. The molecule has 9 fully saturated rings. The normalized spacial score (nSPS) is 22.8. The Morgan fingerprint density at radius 3 is 1.00 bits per heavy atom. The molecule has 6 unspecified atom stereocenters. The summed E-state index contributed by atoms with van der Waals surface area (Å²) in [6.45, 7) is 39.4. The van der Waals surface area contributed by atoms with Crippen LogP contribution in [0.2, 0.25) is 0 Å². The molecule has 3 amide bonds. The highest BCUT2D eigenvalue weighted by Crippen LogP contribution is 2.58. The van der Waals surface area contributed by atoms with Gasteiger partial charge in [0.05, 0.1) is 33.8 Å². The number of carboxylic acid groups (broad SMARTS) is 1. The Morgan fingerprint density at radius 1 is 0.394 bits per heavy atom. The van der Waals surface area contributed by atoms with Crippen molar-refractivity contribution in [1.82, 2.24) is 29.7 Å². The number of rotatable bonds is 23. The molecule has 18 rings (SSSR count). The van der Waals surface area contributed by atoms with Crippen LogP contribution in [0, 0.1) is 93.8 Å². The van der Waals surface area contributed by atoms with E-state index in [4.69, 9.17) is 38.6 Å². The summed E-state index contributed by atoms with van der Waals surface area (Å²) in [5.74, 6) is 3.51. The first-order valence-electron chi connectivity index (χ1n) is 48.5. The Hall–Kier alpha value is -10.2. The maximum atomic E-state index is 13.5. The molecule has 702 valence electrons. The van der Waals surface area contributed by atoms with E-state index in [0.29, 0.717) is 38.1 Å². The number of hydrogen-bond donors (Lipinski definition) is 1. The number of esters is 2. The third kappa shape index (κ3) is 20.9. The summed E-state index contributed by atoms with van der Waals surface area (Å²) in [4.78, 5) is 106. The Balaban J connectivity index is 0.000000145. The van der Waals surface area contributed by atoms with Crippen molar-refractivity contribution in [3.8, 4) is 51.0 Å². The van der Waals surface area contributed by atoms with Gasteiger partial charge in [0.25, 0.3) is 17.7 Å². The van der Waals surface area contributed by atoms with Crippen molar-refractivity contribution in [2.24, 2.45) is 52.3 Å². The number of carbonyl (C=O) groups is 6. The second-order valence-electron chi connectivity index (χ2n) is 40.8. The lowest BCUT2D eigenvalue weighted by atomic mass is 9.67. The van der Waals surface area contributed by atoms with Crippen molar-refractivity contribution in [3.05, 3.63) is 192 Å². The number of nitrogens with zero attached hydrogens (tertiary/aromatic N) is 9.